The van der Waals surface area contributed by atoms with Crippen LogP contribution in [-0.4, -0.2) is 14.5 Å². The lowest BCUT2D eigenvalue weighted by atomic mass is 9.81. The summed E-state index contributed by atoms with van der Waals surface area (Å²) in [6.45, 7) is 10.00. The third-order valence-corrected chi connectivity index (χ3v) is 3.94. The van der Waals surface area contributed by atoms with Gasteiger partial charge in [-0.25, -0.2) is 9.97 Å². The second-order valence-corrected chi connectivity index (χ2v) is 6.02. The topological polar surface area (TPSA) is 56.7 Å². The van der Waals surface area contributed by atoms with Crippen LogP contribution in [0.3, 0.4) is 0 Å². The van der Waals surface area contributed by atoms with Crippen LogP contribution < -0.4 is 5.73 Å². The first kappa shape index (κ1) is 13.6. The van der Waals surface area contributed by atoms with E-state index in [9.17, 15) is 0 Å². The van der Waals surface area contributed by atoms with E-state index in [0.717, 1.165) is 17.8 Å². The molecule has 2 N–H and O–H groups in total. The van der Waals surface area contributed by atoms with E-state index in [1.807, 2.05) is 24.7 Å². The number of hydrogen-bond acceptors (Lipinski definition) is 3. The van der Waals surface area contributed by atoms with Crippen molar-refractivity contribution in [1.29, 1.82) is 0 Å². The summed E-state index contributed by atoms with van der Waals surface area (Å²) in [7, 11) is 0. The Bertz CT molecular complexity index is 538. The molecule has 0 atom stereocenters. The van der Waals surface area contributed by atoms with E-state index < -0.39 is 0 Å². The van der Waals surface area contributed by atoms with Gasteiger partial charge in [-0.2, -0.15) is 0 Å². The van der Waals surface area contributed by atoms with Gasteiger partial charge in [-0.05, 0) is 23.5 Å². The van der Waals surface area contributed by atoms with Crippen LogP contribution in [-0.2, 0) is 6.54 Å². The Balaban J connectivity index is 2.30. The zero-order chi connectivity index (χ0) is 14.0. The Morgan fingerprint density at radius 1 is 1.26 bits per heavy atom. The lowest BCUT2D eigenvalue weighted by molar-refractivity contribution is 0.211. The molecule has 0 amide bonds. The Morgan fingerprint density at radius 3 is 2.58 bits per heavy atom. The molecule has 2 aromatic rings. The summed E-state index contributed by atoms with van der Waals surface area (Å²) in [6.07, 6.45) is 5.56. The predicted molar refractivity (Wildman–Crippen MR) is 78.5 cm³/mol. The van der Waals surface area contributed by atoms with Crippen molar-refractivity contribution in [3.8, 4) is 11.3 Å². The van der Waals surface area contributed by atoms with Gasteiger partial charge in [-0.3, -0.25) is 0 Å². The zero-order valence-electron chi connectivity index (χ0n) is 12.1. The standard InChI is InChI=1S/C15H22N4/c1-11(2)15(3,4)9-19-10-17-8-13(19)12-5-6-14(16)18-7-12/h5-8,10-11H,9H2,1-4H3,(H2,16,18). The zero-order valence-corrected chi connectivity index (χ0v) is 12.1. The molecule has 2 heterocycles. The molecule has 0 aromatic carbocycles. The Morgan fingerprint density at radius 2 is 2.00 bits per heavy atom. The van der Waals surface area contributed by atoms with E-state index in [1.54, 1.807) is 6.20 Å². The Kier molecular flexibility index (Phi) is 3.60. The number of pyridine rings is 1. The fourth-order valence-corrected chi connectivity index (χ4v) is 1.87. The lowest BCUT2D eigenvalue weighted by Gasteiger charge is -2.30. The summed E-state index contributed by atoms with van der Waals surface area (Å²) in [5.41, 5.74) is 7.98. The van der Waals surface area contributed by atoms with E-state index in [1.165, 1.54) is 0 Å². The minimum absolute atomic E-state index is 0.219. The van der Waals surface area contributed by atoms with Crippen molar-refractivity contribution in [2.45, 2.75) is 34.2 Å². The molecule has 0 spiro atoms. The molecular weight excluding hydrogens is 236 g/mol. The molecular formula is C15H22N4. The Hall–Kier alpha value is -1.84. The van der Waals surface area contributed by atoms with E-state index in [-0.39, 0.29) is 5.41 Å². The van der Waals surface area contributed by atoms with Crippen molar-refractivity contribution in [3.63, 3.8) is 0 Å². The summed E-state index contributed by atoms with van der Waals surface area (Å²) >= 11 is 0. The molecule has 0 fully saturated rings. The molecule has 0 saturated carbocycles. The maximum atomic E-state index is 5.63. The smallest absolute Gasteiger partial charge is 0.123 e. The van der Waals surface area contributed by atoms with Crippen LogP contribution in [0.25, 0.3) is 11.3 Å². The van der Waals surface area contributed by atoms with Gasteiger partial charge in [0.2, 0.25) is 0 Å². The number of aromatic nitrogens is 3. The molecule has 2 aromatic heterocycles. The summed E-state index contributed by atoms with van der Waals surface area (Å²) in [5.74, 6) is 1.14. The van der Waals surface area contributed by atoms with Crippen LogP contribution in [0.1, 0.15) is 27.7 Å². The average molecular weight is 258 g/mol. The lowest BCUT2D eigenvalue weighted by Crippen LogP contribution is -2.25. The summed E-state index contributed by atoms with van der Waals surface area (Å²) in [4.78, 5) is 8.41. The van der Waals surface area contributed by atoms with Crippen molar-refractivity contribution >= 4 is 5.82 Å². The minimum Gasteiger partial charge on any atom is -0.384 e. The van der Waals surface area contributed by atoms with Crippen LogP contribution in [0.5, 0.6) is 0 Å². The third-order valence-electron chi connectivity index (χ3n) is 3.94. The summed E-state index contributed by atoms with van der Waals surface area (Å²) in [6, 6.07) is 3.80. The van der Waals surface area contributed by atoms with Crippen molar-refractivity contribution in [2.24, 2.45) is 11.3 Å². The number of anilines is 1. The van der Waals surface area contributed by atoms with Gasteiger partial charge in [0.1, 0.15) is 5.82 Å². The molecule has 0 saturated heterocycles. The van der Waals surface area contributed by atoms with E-state index in [0.29, 0.717) is 11.7 Å². The van der Waals surface area contributed by atoms with Crippen LogP contribution in [0.4, 0.5) is 5.82 Å². The first-order valence-electron chi connectivity index (χ1n) is 6.62. The molecule has 102 valence electrons. The Labute approximate surface area is 114 Å². The van der Waals surface area contributed by atoms with Crippen LogP contribution in [0, 0.1) is 11.3 Å². The number of nitrogen functional groups attached to an aromatic ring is 1. The minimum atomic E-state index is 0.219. The second-order valence-electron chi connectivity index (χ2n) is 6.02. The highest BCUT2D eigenvalue weighted by Crippen LogP contribution is 2.30. The fourth-order valence-electron chi connectivity index (χ4n) is 1.87. The van der Waals surface area contributed by atoms with Gasteiger partial charge in [0.15, 0.2) is 0 Å². The fraction of sp³-hybridized carbons (Fsp3) is 0.467. The van der Waals surface area contributed by atoms with Gasteiger partial charge in [0.05, 0.1) is 18.2 Å². The van der Waals surface area contributed by atoms with E-state index in [2.05, 4.69) is 42.2 Å². The molecule has 0 unspecified atom stereocenters. The molecule has 0 bridgehead atoms. The SMILES string of the molecule is CC(C)C(C)(C)Cn1cncc1-c1ccc(N)nc1. The molecule has 2 rings (SSSR count). The van der Waals surface area contributed by atoms with Crippen molar-refractivity contribution in [2.75, 3.05) is 5.73 Å². The van der Waals surface area contributed by atoms with Crippen molar-refractivity contribution < 1.29 is 0 Å². The number of nitrogens with two attached hydrogens (primary N) is 1. The van der Waals surface area contributed by atoms with Crippen molar-refractivity contribution in [1.82, 2.24) is 14.5 Å². The quantitative estimate of drug-likeness (QED) is 0.916. The molecule has 0 aliphatic heterocycles. The number of nitrogens with zero attached hydrogens (tertiary/aromatic N) is 3. The molecule has 0 aliphatic carbocycles. The monoisotopic (exact) mass is 258 g/mol. The van der Waals surface area contributed by atoms with Gasteiger partial charge in [0, 0.05) is 18.3 Å². The van der Waals surface area contributed by atoms with E-state index >= 15 is 0 Å². The highest BCUT2D eigenvalue weighted by Gasteiger charge is 2.24. The van der Waals surface area contributed by atoms with E-state index in [4.69, 9.17) is 5.73 Å². The number of rotatable bonds is 4. The number of hydrogen-bond donors (Lipinski definition) is 1. The summed E-state index contributed by atoms with van der Waals surface area (Å²) < 4.78 is 2.19. The normalized spacial score (nSPS) is 12.1. The van der Waals surface area contributed by atoms with Crippen LogP contribution in [0.15, 0.2) is 30.9 Å². The van der Waals surface area contributed by atoms with Gasteiger partial charge in [-0.1, -0.05) is 27.7 Å². The van der Waals surface area contributed by atoms with Gasteiger partial charge < -0.3 is 10.3 Å². The number of imidazole rings is 1. The first-order chi connectivity index (χ1) is 8.90. The maximum Gasteiger partial charge on any atom is 0.123 e. The maximum absolute atomic E-state index is 5.63. The van der Waals surface area contributed by atoms with Crippen molar-refractivity contribution in [3.05, 3.63) is 30.9 Å². The summed E-state index contributed by atoms with van der Waals surface area (Å²) in [5, 5.41) is 0. The van der Waals surface area contributed by atoms with Gasteiger partial charge >= 0.3 is 0 Å². The van der Waals surface area contributed by atoms with Gasteiger partial charge in [0.25, 0.3) is 0 Å². The predicted octanol–water partition coefficient (Wildman–Crippen LogP) is 3.21. The van der Waals surface area contributed by atoms with Gasteiger partial charge in [-0.15, -0.1) is 0 Å². The first-order valence-corrected chi connectivity index (χ1v) is 6.62. The molecule has 0 radical (unpaired) electrons. The molecule has 4 nitrogen and oxygen atoms in total. The largest absolute Gasteiger partial charge is 0.384 e. The van der Waals surface area contributed by atoms with Crippen LogP contribution >= 0.6 is 0 Å². The highest BCUT2D eigenvalue weighted by molar-refractivity contribution is 5.59. The highest BCUT2D eigenvalue weighted by atomic mass is 15.1. The third kappa shape index (κ3) is 2.95. The second kappa shape index (κ2) is 5.03. The molecule has 19 heavy (non-hydrogen) atoms. The average Bonchev–Trinajstić information content (AvgIpc) is 2.77. The molecule has 4 heteroatoms. The van der Waals surface area contributed by atoms with Crippen LogP contribution in [0.2, 0.25) is 0 Å². The molecule has 0 aliphatic rings.